The van der Waals surface area contributed by atoms with Crippen molar-refractivity contribution in [1.29, 1.82) is 0 Å². The maximum atomic E-state index is 12.3. The van der Waals surface area contributed by atoms with Crippen molar-refractivity contribution < 1.29 is 9.53 Å². The lowest BCUT2D eigenvalue weighted by molar-refractivity contribution is -0.124. The molecule has 1 heterocycles. The third kappa shape index (κ3) is 3.28. The minimum Gasteiger partial charge on any atom is -0.381 e. The van der Waals surface area contributed by atoms with Gasteiger partial charge in [-0.15, -0.1) is 0 Å². The third-order valence-corrected chi connectivity index (χ3v) is 4.40. The lowest BCUT2D eigenvalue weighted by atomic mass is 9.90. The number of carbonyl (C=O) groups excluding carboxylic acids is 1. The van der Waals surface area contributed by atoms with Crippen LogP contribution in [0.25, 0.3) is 0 Å². The van der Waals surface area contributed by atoms with E-state index in [2.05, 4.69) is 21.2 Å². The highest BCUT2D eigenvalue weighted by atomic mass is 79.9. The van der Waals surface area contributed by atoms with Gasteiger partial charge in [-0.25, -0.2) is 0 Å². The smallest absolute Gasteiger partial charge is 0.244 e. The molecule has 4 nitrogen and oxygen atoms in total. The molecule has 0 aromatic heterocycles. The van der Waals surface area contributed by atoms with Crippen LogP contribution in [0, 0.1) is 6.92 Å². The van der Waals surface area contributed by atoms with Crippen molar-refractivity contribution >= 4 is 39.1 Å². The summed E-state index contributed by atoms with van der Waals surface area (Å²) in [5, 5.41) is 3.45. The molecule has 0 unspecified atom stereocenters. The van der Waals surface area contributed by atoms with Gasteiger partial charge in [-0.05, 0) is 53.4 Å². The van der Waals surface area contributed by atoms with Gasteiger partial charge in [0.25, 0.3) is 0 Å². The predicted molar refractivity (Wildman–Crippen MR) is 79.5 cm³/mol. The number of amides is 1. The number of aryl methyl sites for hydroxylation is 1. The monoisotopic (exact) mass is 346 g/mol. The number of nitrogens with two attached hydrogens (primary N) is 1. The second-order valence-corrected chi connectivity index (χ2v) is 6.07. The fraction of sp³-hybridized carbons (Fsp3) is 0.462. The molecule has 6 heteroatoms. The summed E-state index contributed by atoms with van der Waals surface area (Å²) in [6.45, 7) is 2.93. The molecule has 1 aromatic rings. The Morgan fingerprint density at radius 2 is 2.11 bits per heavy atom. The first-order valence-corrected chi connectivity index (χ1v) is 7.23. The summed E-state index contributed by atoms with van der Waals surface area (Å²) in [4.78, 5) is 12.3. The Bertz CT molecular complexity index is 502. The summed E-state index contributed by atoms with van der Waals surface area (Å²) >= 11 is 9.48. The zero-order valence-electron chi connectivity index (χ0n) is 10.6. The molecule has 1 aliphatic heterocycles. The van der Waals surface area contributed by atoms with Crippen molar-refractivity contribution in [2.45, 2.75) is 25.3 Å². The molecule has 1 fully saturated rings. The molecule has 0 bridgehead atoms. The van der Waals surface area contributed by atoms with Crippen LogP contribution in [-0.4, -0.2) is 24.7 Å². The van der Waals surface area contributed by atoms with Gasteiger partial charge in [-0.2, -0.15) is 0 Å². The largest absolute Gasteiger partial charge is 0.381 e. The fourth-order valence-corrected chi connectivity index (χ4v) is 2.67. The molecular weight excluding hydrogens is 332 g/mol. The van der Waals surface area contributed by atoms with E-state index in [9.17, 15) is 4.79 Å². The van der Waals surface area contributed by atoms with Crippen molar-refractivity contribution in [3.63, 3.8) is 0 Å². The van der Waals surface area contributed by atoms with Crippen LogP contribution in [-0.2, 0) is 9.53 Å². The second-order valence-electron chi connectivity index (χ2n) is 4.80. The van der Waals surface area contributed by atoms with E-state index in [1.165, 1.54) is 0 Å². The van der Waals surface area contributed by atoms with Crippen LogP contribution in [0.15, 0.2) is 16.6 Å². The van der Waals surface area contributed by atoms with Gasteiger partial charge in [-0.1, -0.05) is 11.6 Å². The van der Waals surface area contributed by atoms with E-state index >= 15 is 0 Å². The highest BCUT2D eigenvalue weighted by molar-refractivity contribution is 9.10. The number of halogens is 2. The third-order valence-electron chi connectivity index (χ3n) is 3.33. The molecule has 3 N–H and O–H groups in total. The van der Waals surface area contributed by atoms with Gasteiger partial charge in [0.2, 0.25) is 5.91 Å². The average molecular weight is 348 g/mol. The molecule has 0 spiro atoms. The van der Waals surface area contributed by atoms with E-state index in [0.717, 1.165) is 10.0 Å². The Kier molecular flexibility index (Phi) is 4.50. The Labute approximate surface area is 125 Å². The average Bonchev–Trinajstić information content (AvgIpc) is 2.36. The van der Waals surface area contributed by atoms with Crippen LogP contribution >= 0.6 is 27.5 Å². The van der Waals surface area contributed by atoms with Crippen molar-refractivity contribution in [2.75, 3.05) is 18.5 Å². The Balaban J connectivity index is 2.16. The number of ether oxygens (including phenoxy) is 1. The van der Waals surface area contributed by atoms with Gasteiger partial charge in [0.1, 0.15) is 5.54 Å². The molecule has 19 heavy (non-hydrogen) atoms. The molecular formula is C13H16BrClN2O2. The number of carbonyl (C=O) groups is 1. The number of benzene rings is 1. The van der Waals surface area contributed by atoms with Gasteiger partial charge >= 0.3 is 0 Å². The summed E-state index contributed by atoms with van der Waals surface area (Å²) in [5.41, 5.74) is 6.84. The number of anilines is 1. The van der Waals surface area contributed by atoms with Crippen LogP contribution in [0.5, 0.6) is 0 Å². The van der Waals surface area contributed by atoms with Crippen LogP contribution in [0.2, 0.25) is 5.02 Å². The zero-order valence-corrected chi connectivity index (χ0v) is 13.0. The first-order valence-electron chi connectivity index (χ1n) is 6.06. The highest BCUT2D eigenvalue weighted by Crippen LogP contribution is 2.30. The second kappa shape index (κ2) is 5.79. The van der Waals surface area contributed by atoms with Gasteiger partial charge < -0.3 is 15.8 Å². The van der Waals surface area contributed by atoms with Crippen molar-refractivity contribution in [3.05, 3.63) is 27.2 Å². The van der Waals surface area contributed by atoms with Gasteiger partial charge in [0.15, 0.2) is 0 Å². The first-order chi connectivity index (χ1) is 8.92. The summed E-state index contributed by atoms with van der Waals surface area (Å²) in [6, 6.07) is 3.59. The van der Waals surface area contributed by atoms with Crippen molar-refractivity contribution in [3.8, 4) is 0 Å². The van der Waals surface area contributed by atoms with Gasteiger partial charge in [0, 0.05) is 22.7 Å². The van der Waals surface area contributed by atoms with E-state index in [0.29, 0.717) is 36.8 Å². The minimum atomic E-state index is -0.866. The molecule has 1 saturated heterocycles. The lowest BCUT2D eigenvalue weighted by Crippen LogP contribution is -2.54. The zero-order chi connectivity index (χ0) is 14.0. The number of rotatable bonds is 2. The van der Waals surface area contributed by atoms with E-state index in [1.54, 1.807) is 6.07 Å². The quantitative estimate of drug-likeness (QED) is 0.864. The molecule has 0 radical (unpaired) electrons. The van der Waals surface area contributed by atoms with Crippen LogP contribution < -0.4 is 11.1 Å². The summed E-state index contributed by atoms with van der Waals surface area (Å²) in [5.74, 6) is -0.198. The Morgan fingerprint density at radius 1 is 1.47 bits per heavy atom. The Morgan fingerprint density at radius 3 is 2.74 bits per heavy atom. The van der Waals surface area contributed by atoms with Crippen LogP contribution in [0.3, 0.4) is 0 Å². The van der Waals surface area contributed by atoms with E-state index in [4.69, 9.17) is 22.1 Å². The summed E-state index contributed by atoms with van der Waals surface area (Å²) in [6.07, 6.45) is 1.05. The van der Waals surface area contributed by atoms with Crippen molar-refractivity contribution in [2.24, 2.45) is 5.73 Å². The molecule has 1 amide bonds. The first kappa shape index (κ1) is 14.8. The molecule has 0 atom stereocenters. The van der Waals surface area contributed by atoms with E-state index in [1.807, 2.05) is 13.0 Å². The maximum Gasteiger partial charge on any atom is 0.244 e. The van der Waals surface area contributed by atoms with E-state index < -0.39 is 5.54 Å². The normalized spacial score (nSPS) is 18.1. The number of nitrogens with one attached hydrogen (secondary N) is 1. The lowest BCUT2D eigenvalue weighted by Gasteiger charge is -2.31. The van der Waals surface area contributed by atoms with E-state index in [-0.39, 0.29) is 5.91 Å². The number of hydrogen-bond donors (Lipinski definition) is 2. The molecule has 0 aliphatic carbocycles. The molecule has 1 aliphatic rings. The van der Waals surface area contributed by atoms with Crippen LogP contribution in [0.1, 0.15) is 18.4 Å². The highest BCUT2D eigenvalue weighted by Gasteiger charge is 2.36. The SMILES string of the molecule is Cc1cc(Br)c(NC(=O)C2(N)CCOCC2)cc1Cl. The van der Waals surface area contributed by atoms with Crippen molar-refractivity contribution in [1.82, 2.24) is 0 Å². The molecule has 2 rings (SSSR count). The standard InChI is InChI=1S/C13H16BrClN2O2/c1-8-6-9(14)11(7-10(8)15)17-12(18)13(16)2-4-19-5-3-13/h6-7H,2-5,16H2,1H3,(H,17,18). The Hall–Kier alpha value is -0.620. The topological polar surface area (TPSA) is 64.4 Å². The van der Waals surface area contributed by atoms with Gasteiger partial charge in [0.05, 0.1) is 5.69 Å². The predicted octanol–water partition coefficient (Wildman–Crippen LogP) is 2.86. The molecule has 0 saturated carbocycles. The number of hydrogen-bond acceptors (Lipinski definition) is 3. The maximum absolute atomic E-state index is 12.3. The van der Waals surface area contributed by atoms with Crippen LogP contribution in [0.4, 0.5) is 5.69 Å². The molecule has 104 valence electrons. The minimum absolute atomic E-state index is 0.198. The summed E-state index contributed by atoms with van der Waals surface area (Å²) in [7, 11) is 0. The summed E-state index contributed by atoms with van der Waals surface area (Å²) < 4.78 is 6.02. The fourth-order valence-electron chi connectivity index (χ4n) is 1.95. The molecule has 1 aromatic carbocycles. The van der Waals surface area contributed by atoms with Gasteiger partial charge in [-0.3, -0.25) is 4.79 Å².